The van der Waals surface area contributed by atoms with Crippen molar-refractivity contribution in [1.82, 2.24) is 9.97 Å². The standard InChI is InChI=1S/C24H26FN3O2/c1-14(24(29)30-5)19-8-11-21(22(25)12-19)18-6-9-20(10-7-18)26-13-23-17(4)27-15(2)16(3)28-23/h6-12,14,26H,13H2,1-5H3. The van der Waals surface area contributed by atoms with E-state index in [1.54, 1.807) is 19.1 Å². The van der Waals surface area contributed by atoms with E-state index in [1.807, 2.05) is 45.0 Å². The number of hydrogen-bond donors (Lipinski definition) is 1. The van der Waals surface area contributed by atoms with Crippen molar-refractivity contribution in [2.75, 3.05) is 12.4 Å². The molecule has 3 rings (SSSR count). The van der Waals surface area contributed by atoms with E-state index in [0.717, 1.165) is 34.0 Å². The summed E-state index contributed by atoms with van der Waals surface area (Å²) in [6.07, 6.45) is 0. The lowest BCUT2D eigenvalue weighted by molar-refractivity contribution is -0.141. The molecule has 0 saturated heterocycles. The van der Waals surface area contributed by atoms with Crippen LogP contribution in [0.2, 0.25) is 0 Å². The van der Waals surface area contributed by atoms with Crippen LogP contribution in [0.4, 0.5) is 10.1 Å². The van der Waals surface area contributed by atoms with Crippen LogP contribution in [0.1, 0.15) is 41.2 Å². The van der Waals surface area contributed by atoms with Gasteiger partial charge >= 0.3 is 5.97 Å². The minimum absolute atomic E-state index is 0.370. The highest BCUT2D eigenvalue weighted by Crippen LogP contribution is 2.28. The molecule has 6 heteroatoms. The van der Waals surface area contributed by atoms with E-state index in [0.29, 0.717) is 17.7 Å². The van der Waals surface area contributed by atoms with Gasteiger partial charge in [-0.15, -0.1) is 0 Å². The number of ether oxygens (including phenoxy) is 1. The van der Waals surface area contributed by atoms with E-state index in [4.69, 9.17) is 4.74 Å². The monoisotopic (exact) mass is 407 g/mol. The van der Waals surface area contributed by atoms with Crippen molar-refractivity contribution in [2.24, 2.45) is 0 Å². The van der Waals surface area contributed by atoms with E-state index in [1.165, 1.54) is 13.2 Å². The molecule has 2 aromatic carbocycles. The third-order valence-corrected chi connectivity index (χ3v) is 5.28. The van der Waals surface area contributed by atoms with Gasteiger partial charge in [0.15, 0.2) is 0 Å². The molecule has 1 N–H and O–H groups in total. The van der Waals surface area contributed by atoms with Gasteiger partial charge in [-0.3, -0.25) is 14.8 Å². The number of benzene rings is 2. The predicted molar refractivity (Wildman–Crippen MR) is 116 cm³/mol. The molecule has 1 unspecified atom stereocenters. The molecule has 0 amide bonds. The Labute approximate surface area is 176 Å². The molecule has 0 aliphatic heterocycles. The average Bonchev–Trinajstić information content (AvgIpc) is 2.74. The molecule has 1 aromatic heterocycles. The minimum Gasteiger partial charge on any atom is -0.469 e. The molecule has 30 heavy (non-hydrogen) atoms. The van der Waals surface area contributed by atoms with Gasteiger partial charge in [0.25, 0.3) is 0 Å². The fourth-order valence-electron chi connectivity index (χ4n) is 3.23. The number of nitrogens with one attached hydrogen (secondary N) is 1. The smallest absolute Gasteiger partial charge is 0.312 e. The molecule has 156 valence electrons. The maximum atomic E-state index is 14.7. The van der Waals surface area contributed by atoms with Crippen molar-refractivity contribution in [3.63, 3.8) is 0 Å². The Hall–Kier alpha value is -3.28. The van der Waals surface area contributed by atoms with E-state index in [9.17, 15) is 9.18 Å². The van der Waals surface area contributed by atoms with Gasteiger partial charge in [-0.25, -0.2) is 4.39 Å². The number of rotatable bonds is 6. The summed E-state index contributed by atoms with van der Waals surface area (Å²) in [6, 6.07) is 12.4. The van der Waals surface area contributed by atoms with Crippen LogP contribution in [0.25, 0.3) is 11.1 Å². The molecule has 1 atom stereocenters. The van der Waals surface area contributed by atoms with Gasteiger partial charge in [0.1, 0.15) is 5.82 Å². The number of aromatic nitrogens is 2. The number of hydrogen-bond acceptors (Lipinski definition) is 5. The lowest BCUT2D eigenvalue weighted by Gasteiger charge is -2.12. The molecule has 0 saturated carbocycles. The number of esters is 1. The van der Waals surface area contributed by atoms with E-state index < -0.39 is 5.92 Å². The van der Waals surface area contributed by atoms with Crippen LogP contribution < -0.4 is 5.32 Å². The molecular weight excluding hydrogens is 381 g/mol. The molecule has 0 fully saturated rings. The Morgan fingerprint density at radius 2 is 1.70 bits per heavy atom. The molecule has 0 radical (unpaired) electrons. The summed E-state index contributed by atoms with van der Waals surface area (Å²) in [4.78, 5) is 20.8. The molecular formula is C24H26FN3O2. The number of carbonyl (C=O) groups excluding carboxylic acids is 1. The highest BCUT2D eigenvalue weighted by atomic mass is 19.1. The van der Waals surface area contributed by atoms with Crippen LogP contribution in [0.15, 0.2) is 42.5 Å². The zero-order chi connectivity index (χ0) is 21.8. The zero-order valence-electron chi connectivity index (χ0n) is 17.9. The molecule has 0 spiro atoms. The third kappa shape index (κ3) is 4.64. The zero-order valence-corrected chi connectivity index (χ0v) is 17.9. The van der Waals surface area contributed by atoms with Gasteiger partial charge in [0.2, 0.25) is 0 Å². The molecule has 0 bridgehead atoms. The molecule has 3 aromatic rings. The van der Waals surface area contributed by atoms with E-state index >= 15 is 0 Å². The number of anilines is 1. The summed E-state index contributed by atoms with van der Waals surface area (Å²) >= 11 is 0. The summed E-state index contributed by atoms with van der Waals surface area (Å²) < 4.78 is 19.4. The van der Waals surface area contributed by atoms with Crippen LogP contribution in [0.5, 0.6) is 0 Å². The first-order chi connectivity index (χ1) is 14.3. The number of nitrogens with zero attached hydrogens (tertiary/aromatic N) is 2. The van der Waals surface area contributed by atoms with Gasteiger partial charge in [0, 0.05) is 11.3 Å². The topological polar surface area (TPSA) is 64.1 Å². The number of aryl methyl sites for hydroxylation is 3. The Morgan fingerprint density at radius 3 is 2.33 bits per heavy atom. The first-order valence-electron chi connectivity index (χ1n) is 9.82. The quantitative estimate of drug-likeness (QED) is 0.576. The number of carbonyl (C=O) groups is 1. The second-order valence-electron chi connectivity index (χ2n) is 7.34. The van der Waals surface area contributed by atoms with E-state index in [-0.39, 0.29) is 11.8 Å². The van der Waals surface area contributed by atoms with Crippen molar-refractivity contribution >= 4 is 11.7 Å². The average molecular weight is 407 g/mol. The maximum absolute atomic E-state index is 14.7. The van der Waals surface area contributed by atoms with Crippen molar-refractivity contribution in [1.29, 1.82) is 0 Å². The summed E-state index contributed by atoms with van der Waals surface area (Å²) in [6.45, 7) is 8.11. The highest BCUT2D eigenvalue weighted by Gasteiger charge is 2.17. The Kier molecular flexibility index (Phi) is 6.45. The largest absolute Gasteiger partial charge is 0.469 e. The first kappa shape index (κ1) is 21.4. The van der Waals surface area contributed by atoms with Crippen LogP contribution in [0.3, 0.4) is 0 Å². The predicted octanol–water partition coefficient (Wildman–Crippen LogP) is 5.10. The minimum atomic E-state index is -0.512. The van der Waals surface area contributed by atoms with Gasteiger partial charge < -0.3 is 10.1 Å². The van der Waals surface area contributed by atoms with Gasteiger partial charge in [-0.05, 0) is 57.0 Å². The Balaban J connectivity index is 1.73. The van der Waals surface area contributed by atoms with Crippen LogP contribution in [0, 0.1) is 26.6 Å². The fourth-order valence-corrected chi connectivity index (χ4v) is 3.23. The normalized spacial score (nSPS) is 11.8. The number of methoxy groups -OCH3 is 1. The van der Waals surface area contributed by atoms with Crippen molar-refractivity contribution in [3.05, 3.63) is 76.6 Å². The molecule has 0 aliphatic carbocycles. The number of halogens is 1. The SMILES string of the molecule is COC(=O)C(C)c1ccc(-c2ccc(NCc3nc(C)c(C)nc3C)cc2)c(F)c1. The highest BCUT2D eigenvalue weighted by molar-refractivity contribution is 5.78. The maximum Gasteiger partial charge on any atom is 0.312 e. The summed E-state index contributed by atoms with van der Waals surface area (Å²) in [5.74, 6) is -1.27. The fraction of sp³-hybridized carbons (Fsp3) is 0.292. The lowest BCUT2D eigenvalue weighted by Crippen LogP contribution is -2.11. The Bertz CT molecular complexity index is 1060. The lowest BCUT2D eigenvalue weighted by atomic mass is 9.97. The second kappa shape index (κ2) is 9.03. The van der Waals surface area contributed by atoms with Gasteiger partial charge in [-0.1, -0.05) is 24.3 Å². The summed E-state index contributed by atoms with van der Waals surface area (Å²) in [5, 5.41) is 3.34. The van der Waals surface area contributed by atoms with Gasteiger partial charge in [-0.2, -0.15) is 0 Å². The van der Waals surface area contributed by atoms with Crippen molar-refractivity contribution in [2.45, 2.75) is 40.2 Å². The van der Waals surface area contributed by atoms with Crippen molar-refractivity contribution < 1.29 is 13.9 Å². The first-order valence-corrected chi connectivity index (χ1v) is 9.82. The second-order valence-corrected chi connectivity index (χ2v) is 7.34. The van der Waals surface area contributed by atoms with Gasteiger partial charge in [0.05, 0.1) is 42.3 Å². The Morgan fingerprint density at radius 1 is 1.03 bits per heavy atom. The van der Waals surface area contributed by atoms with Crippen molar-refractivity contribution in [3.8, 4) is 11.1 Å². The molecule has 1 heterocycles. The molecule has 5 nitrogen and oxygen atoms in total. The summed E-state index contributed by atoms with van der Waals surface area (Å²) in [5.41, 5.74) is 6.42. The van der Waals surface area contributed by atoms with Crippen LogP contribution >= 0.6 is 0 Å². The van der Waals surface area contributed by atoms with Crippen LogP contribution in [-0.2, 0) is 16.1 Å². The summed E-state index contributed by atoms with van der Waals surface area (Å²) in [7, 11) is 1.33. The van der Waals surface area contributed by atoms with Crippen LogP contribution in [-0.4, -0.2) is 23.0 Å². The van der Waals surface area contributed by atoms with E-state index in [2.05, 4.69) is 15.3 Å². The molecule has 0 aliphatic rings. The third-order valence-electron chi connectivity index (χ3n) is 5.28.